The van der Waals surface area contributed by atoms with Gasteiger partial charge in [-0.1, -0.05) is 255 Å². The van der Waals surface area contributed by atoms with Gasteiger partial charge in [0.2, 0.25) is 0 Å². The summed E-state index contributed by atoms with van der Waals surface area (Å²) in [6.45, 7) is 38.8. The van der Waals surface area contributed by atoms with Gasteiger partial charge in [0.15, 0.2) is 0 Å². The molecule has 0 heterocycles. The van der Waals surface area contributed by atoms with Gasteiger partial charge in [0.25, 0.3) is 0 Å². The van der Waals surface area contributed by atoms with Gasteiger partial charge in [-0.3, -0.25) is 0 Å². The molecule has 0 aromatic heterocycles. The summed E-state index contributed by atoms with van der Waals surface area (Å²) in [6.07, 6.45) is 54.2. The van der Waals surface area contributed by atoms with Crippen LogP contribution in [0.4, 0.5) is 0 Å². The largest absolute Gasteiger partial charge is 0.381 e. The third-order valence-electron chi connectivity index (χ3n) is 16.8. The summed E-state index contributed by atoms with van der Waals surface area (Å²) in [5, 5.41) is 0. The minimum Gasteiger partial charge on any atom is -0.381 e. The van der Waals surface area contributed by atoms with Crippen molar-refractivity contribution in [3.05, 3.63) is 0 Å². The minimum absolute atomic E-state index is 0.658. The molecular formula is C78H162O12. The molecule has 0 aliphatic heterocycles. The van der Waals surface area contributed by atoms with E-state index in [-0.39, 0.29) is 0 Å². The Morgan fingerprint density at radius 3 is 0.478 bits per heavy atom. The third-order valence-corrected chi connectivity index (χ3v) is 16.8. The van der Waals surface area contributed by atoms with Crippen LogP contribution >= 0.6 is 0 Å². The summed E-state index contributed by atoms with van der Waals surface area (Å²) < 4.78 is 67.9. The lowest BCUT2D eigenvalue weighted by Crippen LogP contribution is -2.14. The summed E-state index contributed by atoms with van der Waals surface area (Å²) in [5.41, 5.74) is 0. The zero-order chi connectivity index (χ0) is 65.9. The van der Waals surface area contributed by atoms with Crippen LogP contribution < -0.4 is 0 Å². The predicted octanol–water partition coefficient (Wildman–Crippen LogP) is 21.6. The molecule has 546 valence electrons. The Labute approximate surface area is 562 Å². The van der Waals surface area contributed by atoms with Gasteiger partial charge in [0, 0.05) is 79.3 Å². The van der Waals surface area contributed by atoms with Crippen molar-refractivity contribution in [3.63, 3.8) is 0 Å². The van der Waals surface area contributed by atoms with E-state index in [2.05, 4.69) is 62.3 Å². The van der Waals surface area contributed by atoms with Crippen molar-refractivity contribution >= 4 is 0 Å². The van der Waals surface area contributed by atoms with Crippen LogP contribution in [-0.4, -0.2) is 159 Å². The second-order valence-corrected chi connectivity index (χ2v) is 25.5. The fourth-order valence-electron chi connectivity index (χ4n) is 10.3. The van der Waals surface area contributed by atoms with E-state index in [1.165, 1.54) is 231 Å². The summed E-state index contributed by atoms with van der Waals surface area (Å²) in [4.78, 5) is 0. The first kappa shape index (κ1) is 93.7. The lowest BCUT2D eigenvalue weighted by atomic mass is 10.0. The molecule has 12 heteroatoms. The van der Waals surface area contributed by atoms with Crippen LogP contribution in [-0.2, 0) is 56.8 Å². The second-order valence-electron chi connectivity index (χ2n) is 25.5. The van der Waals surface area contributed by atoms with Gasteiger partial charge < -0.3 is 56.8 Å². The van der Waals surface area contributed by atoms with Crippen LogP contribution in [0.15, 0.2) is 0 Å². The molecule has 0 N–H and O–H groups in total. The van der Waals surface area contributed by atoms with E-state index in [0.717, 1.165) is 118 Å². The molecule has 3 unspecified atom stereocenters. The van der Waals surface area contributed by atoms with Crippen LogP contribution in [0.3, 0.4) is 0 Å². The number of rotatable bonds is 78. The molecule has 0 rings (SSSR count). The highest BCUT2D eigenvalue weighted by Gasteiger charge is 2.08. The van der Waals surface area contributed by atoms with Gasteiger partial charge in [-0.15, -0.1) is 0 Å². The molecular weight excluding hydrogens is 1130 g/mol. The highest BCUT2D eigenvalue weighted by molar-refractivity contribution is 4.59. The van der Waals surface area contributed by atoms with Crippen LogP contribution in [0.2, 0.25) is 0 Å². The zero-order valence-corrected chi connectivity index (χ0v) is 62.3. The van der Waals surface area contributed by atoms with Crippen molar-refractivity contribution in [1.29, 1.82) is 0 Å². The summed E-state index contributed by atoms with van der Waals surface area (Å²) >= 11 is 0. The molecule has 0 radical (unpaired) electrons. The maximum absolute atomic E-state index is 5.74. The molecule has 0 amide bonds. The van der Waals surface area contributed by atoms with E-state index in [0.29, 0.717) is 97.0 Å². The Balaban J connectivity index is -0.00000126. The van der Waals surface area contributed by atoms with Crippen LogP contribution in [0.5, 0.6) is 0 Å². The molecule has 3 atom stereocenters. The maximum atomic E-state index is 5.74. The fourth-order valence-corrected chi connectivity index (χ4v) is 10.3. The van der Waals surface area contributed by atoms with Crippen molar-refractivity contribution in [2.75, 3.05) is 159 Å². The summed E-state index contributed by atoms with van der Waals surface area (Å²) in [7, 11) is 0. The molecule has 0 aliphatic rings. The predicted molar refractivity (Wildman–Crippen MR) is 385 cm³/mol. The lowest BCUT2D eigenvalue weighted by molar-refractivity contribution is 0.00494. The minimum atomic E-state index is 0.658. The topological polar surface area (TPSA) is 111 Å². The third kappa shape index (κ3) is 87.5. The van der Waals surface area contributed by atoms with Gasteiger partial charge in [0.1, 0.15) is 0 Å². The second kappa shape index (κ2) is 90.6. The van der Waals surface area contributed by atoms with Crippen LogP contribution in [0.25, 0.3) is 0 Å². The molecule has 90 heavy (non-hydrogen) atoms. The molecule has 0 fully saturated rings. The van der Waals surface area contributed by atoms with E-state index < -0.39 is 0 Å². The van der Waals surface area contributed by atoms with Crippen LogP contribution in [0, 0.1) is 17.8 Å². The molecule has 0 aromatic rings. The number of ether oxygens (including phenoxy) is 12. The Morgan fingerprint density at radius 1 is 0.144 bits per heavy atom. The first-order chi connectivity index (χ1) is 44.5. The van der Waals surface area contributed by atoms with Crippen molar-refractivity contribution in [1.82, 2.24) is 0 Å². The zero-order valence-electron chi connectivity index (χ0n) is 62.3. The highest BCUT2D eigenvalue weighted by atomic mass is 16.6. The number of hydrogen-bond donors (Lipinski definition) is 0. The quantitative estimate of drug-likeness (QED) is 0.0541. The molecule has 0 saturated heterocycles. The Morgan fingerprint density at radius 2 is 0.289 bits per heavy atom. The summed E-state index contributed by atoms with van der Waals surface area (Å²) in [6, 6.07) is 0. The first-order valence-electron chi connectivity index (χ1n) is 39.5. The standard InChI is InChI=1S/C28H58O4.C26H54O4.C24H50O4/c1-4-7-9-10-11-12-13-14-15-16-20-29-21-17-18-22-30-23-24-31-25-26-32-27-28(6-3)19-8-5-2;1-4-7-9-10-11-12-13-14-18-27-19-15-16-20-28-21-22-29-23-24-30-25-26(6-3)17-8-5-2;1-4-7-9-10-11-12-16-25-17-13-14-18-26-19-20-27-21-22-28-23-24(6-3)15-8-5-2/h28H,4-27H2,1-3H3;26H,4-25H2,1-3H3;24H,4-23H2,1-3H3. The van der Waals surface area contributed by atoms with Gasteiger partial charge in [0.05, 0.1) is 79.3 Å². The molecule has 0 saturated carbocycles. The Hall–Kier alpha value is -0.480. The fraction of sp³-hybridized carbons (Fsp3) is 1.00. The molecule has 0 aromatic carbocycles. The van der Waals surface area contributed by atoms with Gasteiger partial charge >= 0.3 is 0 Å². The molecule has 0 spiro atoms. The smallest absolute Gasteiger partial charge is 0.0701 e. The van der Waals surface area contributed by atoms with Gasteiger partial charge in [-0.25, -0.2) is 0 Å². The molecule has 12 nitrogen and oxygen atoms in total. The van der Waals surface area contributed by atoms with E-state index in [4.69, 9.17) is 56.8 Å². The van der Waals surface area contributed by atoms with Crippen LogP contribution in [0.1, 0.15) is 332 Å². The lowest BCUT2D eigenvalue weighted by Gasteiger charge is -2.14. The highest BCUT2D eigenvalue weighted by Crippen LogP contribution is 2.16. The maximum Gasteiger partial charge on any atom is 0.0701 e. The normalized spacial score (nSPS) is 12.5. The van der Waals surface area contributed by atoms with Crippen molar-refractivity contribution in [2.45, 2.75) is 332 Å². The summed E-state index contributed by atoms with van der Waals surface area (Å²) in [5.74, 6) is 2.12. The Kier molecular flexibility index (Phi) is 94.3. The van der Waals surface area contributed by atoms with E-state index >= 15 is 0 Å². The monoisotopic (exact) mass is 1290 g/mol. The molecule has 0 aliphatic carbocycles. The van der Waals surface area contributed by atoms with E-state index in [1.54, 1.807) is 0 Å². The number of hydrogen-bond acceptors (Lipinski definition) is 12. The number of unbranched alkanes of at least 4 members (excludes halogenated alkanes) is 27. The Bertz CT molecular complexity index is 1170. The average molecular weight is 1290 g/mol. The molecule has 0 bridgehead atoms. The van der Waals surface area contributed by atoms with Gasteiger partial charge in [-0.05, 0) is 94.8 Å². The van der Waals surface area contributed by atoms with Crippen molar-refractivity contribution < 1.29 is 56.8 Å². The van der Waals surface area contributed by atoms with E-state index in [1.807, 2.05) is 0 Å². The van der Waals surface area contributed by atoms with Gasteiger partial charge in [-0.2, -0.15) is 0 Å². The SMILES string of the molecule is CCCCCCCCCCCCOCCCCOCCOCCOCC(CC)CCCC.CCCCCCCCCCOCCCCOCCOCCOCC(CC)CCCC.CCCCCCCCOCCCCOCCOCCOCC(CC)CCCC. The average Bonchev–Trinajstić information content (AvgIpc) is 3.58. The van der Waals surface area contributed by atoms with Crippen molar-refractivity contribution in [2.24, 2.45) is 17.8 Å². The van der Waals surface area contributed by atoms with E-state index in [9.17, 15) is 0 Å². The first-order valence-corrected chi connectivity index (χ1v) is 39.5. The van der Waals surface area contributed by atoms with Crippen molar-refractivity contribution in [3.8, 4) is 0 Å².